The third kappa shape index (κ3) is 4.15. The first-order valence-electron chi connectivity index (χ1n) is 6.04. The quantitative estimate of drug-likeness (QED) is 0.709. The second-order valence-electron chi connectivity index (χ2n) is 4.15. The smallest absolute Gasteiger partial charge is 0.0315 e. The molecule has 0 saturated carbocycles. The number of nitrogens with one attached hydrogen (secondary N) is 1. The molecule has 0 aliphatic heterocycles. The number of hydrogen-bond donors (Lipinski definition) is 1. The van der Waals surface area contributed by atoms with Crippen molar-refractivity contribution in [3.63, 3.8) is 0 Å². The molecule has 1 aromatic rings. The highest BCUT2D eigenvalue weighted by molar-refractivity contribution is 5.12. The first kappa shape index (κ1) is 12.9. The largest absolute Gasteiger partial charge is 0.307 e. The van der Waals surface area contributed by atoms with Crippen LogP contribution in [0.2, 0.25) is 0 Å². The SMILES string of the molecule is C=CCCC(CC)NC(C)c1cccnc1. The predicted molar refractivity (Wildman–Crippen MR) is 69.3 cm³/mol. The van der Waals surface area contributed by atoms with E-state index in [1.54, 1.807) is 0 Å². The van der Waals surface area contributed by atoms with E-state index in [9.17, 15) is 0 Å². The average Bonchev–Trinajstić information content (AvgIpc) is 2.35. The van der Waals surface area contributed by atoms with Crippen molar-refractivity contribution in [2.75, 3.05) is 0 Å². The fourth-order valence-electron chi connectivity index (χ4n) is 1.81. The monoisotopic (exact) mass is 218 g/mol. The van der Waals surface area contributed by atoms with Gasteiger partial charge in [-0.05, 0) is 37.8 Å². The highest BCUT2D eigenvalue weighted by Gasteiger charge is 2.10. The van der Waals surface area contributed by atoms with E-state index in [2.05, 4.69) is 36.8 Å². The Labute approximate surface area is 98.8 Å². The minimum absolute atomic E-state index is 0.364. The summed E-state index contributed by atoms with van der Waals surface area (Å²) >= 11 is 0. The Bertz CT molecular complexity index is 295. The van der Waals surface area contributed by atoms with Gasteiger partial charge in [-0.3, -0.25) is 4.98 Å². The van der Waals surface area contributed by atoms with Crippen molar-refractivity contribution in [3.05, 3.63) is 42.7 Å². The maximum absolute atomic E-state index is 4.14. The fraction of sp³-hybridized carbons (Fsp3) is 0.500. The normalized spacial score (nSPS) is 14.4. The summed E-state index contributed by atoms with van der Waals surface area (Å²) in [5, 5.41) is 3.63. The molecular formula is C14H22N2. The van der Waals surface area contributed by atoms with Gasteiger partial charge in [-0.15, -0.1) is 6.58 Å². The van der Waals surface area contributed by atoms with Gasteiger partial charge in [0.2, 0.25) is 0 Å². The maximum Gasteiger partial charge on any atom is 0.0315 e. The zero-order valence-electron chi connectivity index (χ0n) is 10.3. The van der Waals surface area contributed by atoms with E-state index >= 15 is 0 Å². The summed E-state index contributed by atoms with van der Waals surface area (Å²) in [5.41, 5.74) is 1.25. The molecule has 0 saturated heterocycles. The minimum Gasteiger partial charge on any atom is -0.307 e. The molecule has 0 bridgehead atoms. The third-order valence-corrected chi connectivity index (χ3v) is 2.88. The molecule has 2 heteroatoms. The van der Waals surface area contributed by atoms with E-state index < -0.39 is 0 Å². The number of rotatable bonds is 7. The van der Waals surface area contributed by atoms with Crippen LogP contribution in [0.1, 0.15) is 44.7 Å². The summed E-state index contributed by atoms with van der Waals surface area (Å²) in [6, 6.07) is 5.03. The van der Waals surface area contributed by atoms with Crippen LogP contribution < -0.4 is 5.32 Å². The number of nitrogens with zero attached hydrogens (tertiary/aromatic N) is 1. The van der Waals surface area contributed by atoms with Crippen molar-refractivity contribution in [2.24, 2.45) is 0 Å². The summed E-state index contributed by atoms with van der Waals surface area (Å²) in [7, 11) is 0. The number of hydrogen-bond acceptors (Lipinski definition) is 2. The molecule has 1 N–H and O–H groups in total. The van der Waals surface area contributed by atoms with Gasteiger partial charge in [0.1, 0.15) is 0 Å². The van der Waals surface area contributed by atoms with Crippen LogP contribution in [0, 0.1) is 0 Å². The molecule has 0 radical (unpaired) electrons. The average molecular weight is 218 g/mol. The Morgan fingerprint density at radius 3 is 2.94 bits per heavy atom. The molecule has 88 valence electrons. The van der Waals surface area contributed by atoms with Gasteiger partial charge in [0.05, 0.1) is 0 Å². The van der Waals surface area contributed by atoms with Gasteiger partial charge in [0.25, 0.3) is 0 Å². The van der Waals surface area contributed by atoms with Gasteiger partial charge in [0, 0.05) is 24.5 Å². The van der Waals surface area contributed by atoms with Crippen LogP contribution in [0.15, 0.2) is 37.2 Å². The molecule has 16 heavy (non-hydrogen) atoms. The van der Waals surface area contributed by atoms with Crippen molar-refractivity contribution in [3.8, 4) is 0 Å². The highest BCUT2D eigenvalue weighted by atomic mass is 14.9. The van der Waals surface area contributed by atoms with Crippen molar-refractivity contribution in [1.29, 1.82) is 0 Å². The predicted octanol–water partition coefficient (Wildman–Crippen LogP) is 3.48. The standard InChI is InChI=1S/C14H22N2/c1-4-6-9-14(5-2)16-12(3)13-8-7-10-15-11-13/h4,7-8,10-12,14,16H,1,5-6,9H2,2-3H3. The second kappa shape index (κ2) is 7.18. The number of aromatic nitrogens is 1. The fourth-order valence-corrected chi connectivity index (χ4v) is 1.81. The van der Waals surface area contributed by atoms with Crippen LogP contribution in [0.3, 0.4) is 0 Å². The summed E-state index contributed by atoms with van der Waals surface area (Å²) in [6.07, 6.45) is 9.11. The molecule has 1 rings (SSSR count). The highest BCUT2D eigenvalue weighted by Crippen LogP contribution is 2.13. The van der Waals surface area contributed by atoms with E-state index in [1.165, 1.54) is 5.56 Å². The zero-order chi connectivity index (χ0) is 11.8. The van der Waals surface area contributed by atoms with Crippen LogP contribution in [-0.4, -0.2) is 11.0 Å². The molecule has 1 aromatic heterocycles. The van der Waals surface area contributed by atoms with Gasteiger partial charge < -0.3 is 5.32 Å². The van der Waals surface area contributed by atoms with E-state index in [1.807, 2.05) is 24.5 Å². The molecule has 0 amide bonds. The third-order valence-electron chi connectivity index (χ3n) is 2.88. The van der Waals surface area contributed by atoms with E-state index in [-0.39, 0.29) is 0 Å². The van der Waals surface area contributed by atoms with Crippen molar-refractivity contribution >= 4 is 0 Å². The Hall–Kier alpha value is -1.15. The topological polar surface area (TPSA) is 24.9 Å². The molecule has 0 fully saturated rings. The Morgan fingerprint density at radius 2 is 2.38 bits per heavy atom. The van der Waals surface area contributed by atoms with Crippen LogP contribution in [0.25, 0.3) is 0 Å². The molecule has 1 heterocycles. The van der Waals surface area contributed by atoms with Crippen LogP contribution in [-0.2, 0) is 0 Å². The van der Waals surface area contributed by atoms with Crippen molar-refractivity contribution in [1.82, 2.24) is 10.3 Å². The lowest BCUT2D eigenvalue weighted by Gasteiger charge is -2.22. The first-order chi connectivity index (χ1) is 7.77. The number of pyridine rings is 1. The molecule has 0 spiro atoms. The zero-order valence-corrected chi connectivity index (χ0v) is 10.3. The van der Waals surface area contributed by atoms with Crippen LogP contribution >= 0.6 is 0 Å². The Morgan fingerprint density at radius 1 is 1.56 bits per heavy atom. The molecule has 2 nitrogen and oxygen atoms in total. The summed E-state index contributed by atoms with van der Waals surface area (Å²) in [4.78, 5) is 4.14. The molecule has 2 unspecified atom stereocenters. The maximum atomic E-state index is 4.14. The van der Waals surface area contributed by atoms with Gasteiger partial charge in [-0.25, -0.2) is 0 Å². The molecular weight excluding hydrogens is 196 g/mol. The second-order valence-corrected chi connectivity index (χ2v) is 4.15. The Balaban J connectivity index is 2.48. The van der Waals surface area contributed by atoms with Gasteiger partial charge >= 0.3 is 0 Å². The lowest BCUT2D eigenvalue weighted by Crippen LogP contribution is -2.30. The molecule has 0 aliphatic carbocycles. The lowest BCUT2D eigenvalue weighted by molar-refractivity contribution is 0.422. The Kier molecular flexibility index (Phi) is 5.79. The van der Waals surface area contributed by atoms with Gasteiger partial charge in [0.15, 0.2) is 0 Å². The minimum atomic E-state index is 0.364. The summed E-state index contributed by atoms with van der Waals surface area (Å²) in [5.74, 6) is 0. The lowest BCUT2D eigenvalue weighted by atomic mass is 10.1. The number of allylic oxidation sites excluding steroid dienone is 1. The van der Waals surface area contributed by atoms with Gasteiger partial charge in [-0.1, -0.05) is 19.1 Å². The summed E-state index contributed by atoms with van der Waals surface area (Å²) < 4.78 is 0. The summed E-state index contributed by atoms with van der Waals surface area (Å²) in [6.45, 7) is 8.17. The van der Waals surface area contributed by atoms with E-state index in [0.717, 1.165) is 19.3 Å². The molecule has 0 aliphatic rings. The van der Waals surface area contributed by atoms with Crippen molar-refractivity contribution < 1.29 is 0 Å². The van der Waals surface area contributed by atoms with E-state index in [0.29, 0.717) is 12.1 Å². The van der Waals surface area contributed by atoms with Crippen molar-refractivity contribution in [2.45, 2.75) is 45.2 Å². The molecule has 0 aromatic carbocycles. The molecule has 2 atom stereocenters. The van der Waals surface area contributed by atoms with Gasteiger partial charge in [-0.2, -0.15) is 0 Å². The van der Waals surface area contributed by atoms with Crippen LogP contribution in [0.5, 0.6) is 0 Å². The van der Waals surface area contributed by atoms with Crippen LogP contribution in [0.4, 0.5) is 0 Å². The first-order valence-corrected chi connectivity index (χ1v) is 6.04. The van der Waals surface area contributed by atoms with E-state index in [4.69, 9.17) is 0 Å².